The summed E-state index contributed by atoms with van der Waals surface area (Å²) in [4.78, 5) is 11.3. The average Bonchev–Trinajstić information content (AvgIpc) is 2.27. The minimum absolute atomic E-state index is 0. The first-order chi connectivity index (χ1) is 7.26. The summed E-state index contributed by atoms with van der Waals surface area (Å²) in [6, 6.07) is 0. The predicted octanol–water partition coefficient (Wildman–Crippen LogP) is 1.65. The van der Waals surface area contributed by atoms with Gasteiger partial charge in [-0.25, -0.2) is 0 Å². The Labute approximate surface area is 109 Å². The fraction of sp³-hybridized carbons (Fsp3) is 0.909. The van der Waals surface area contributed by atoms with Crippen LogP contribution in [-0.4, -0.2) is 31.0 Å². The fourth-order valence-electron chi connectivity index (χ4n) is 2.11. The van der Waals surface area contributed by atoms with Crippen molar-refractivity contribution >= 4 is 30.1 Å². The van der Waals surface area contributed by atoms with E-state index in [-0.39, 0.29) is 18.3 Å². The lowest BCUT2D eigenvalue weighted by Crippen LogP contribution is -2.33. The van der Waals surface area contributed by atoms with Gasteiger partial charge in [-0.15, -0.1) is 12.4 Å². The quantitative estimate of drug-likeness (QED) is 0.796. The van der Waals surface area contributed by atoms with E-state index in [1.54, 1.807) is 11.8 Å². The van der Waals surface area contributed by atoms with E-state index < -0.39 is 0 Å². The first-order valence-electron chi connectivity index (χ1n) is 5.72. The van der Waals surface area contributed by atoms with Gasteiger partial charge in [0.25, 0.3) is 0 Å². The maximum Gasteiger partial charge on any atom is 0.229 e. The smallest absolute Gasteiger partial charge is 0.229 e. The van der Waals surface area contributed by atoms with E-state index in [2.05, 4.69) is 5.32 Å². The van der Waals surface area contributed by atoms with E-state index in [4.69, 9.17) is 5.73 Å². The third-order valence-electron chi connectivity index (χ3n) is 3.16. The normalized spacial score (nSPS) is 24.6. The second kappa shape index (κ2) is 9.14. The molecule has 3 nitrogen and oxygen atoms in total. The van der Waals surface area contributed by atoms with Crippen LogP contribution < -0.4 is 11.1 Å². The molecule has 0 aromatic carbocycles. The molecule has 1 aliphatic carbocycles. The molecule has 5 heteroatoms. The number of carbonyl (C=O) groups is 1. The first kappa shape index (κ1) is 16.1. The Kier molecular flexibility index (Phi) is 9.18. The van der Waals surface area contributed by atoms with E-state index in [1.807, 2.05) is 6.26 Å². The summed E-state index contributed by atoms with van der Waals surface area (Å²) in [7, 11) is 0. The highest BCUT2D eigenvalue weighted by Gasteiger charge is 2.20. The van der Waals surface area contributed by atoms with Crippen LogP contribution >= 0.6 is 24.2 Å². The van der Waals surface area contributed by atoms with Crippen LogP contribution in [0.2, 0.25) is 0 Å². The van der Waals surface area contributed by atoms with Gasteiger partial charge in [-0.05, 0) is 50.3 Å². The van der Waals surface area contributed by atoms with Gasteiger partial charge in [0.15, 0.2) is 0 Å². The molecule has 16 heavy (non-hydrogen) atoms. The summed E-state index contributed by atoms with van der Waals surface area (Å²) in [5.74, 6) is 2.16. The number of nitrogens with two attached hydrogens (primary N) is 1. The van der Waals surface area contributed by atoms with Gasteiger partial charge < -0.3 is 11.1 Å². The van der Waals surface area contributed by atoms with Crippen LogP contribution in [0.1, 0.15) is 25.7 Å². The summed E-state index contributed by atoms with van der Waals surface area (Å²) in [6.45, 7) is 1.68. The highest BCUT2D eigenvalue weighted by Crippen LogP contribution is 2.27. The Bertz CT molecular complexity index is 196. The minimum atomic E-state index is 0. The topological polar surface area (TPSA) is 55.1 Å². The molecule has 0 bridgehead atoms. The Morgan fingerprint density at radius 2 is 1.88 bits per heavy atom. The Hall–Kier alpha value is 0.0700. The largest absolute Gasteiger partial charge is 0.355 e. The van der Waals surface area contributed by atoms with Crippen molar-refractivity contribution in [1.82, 2.24) is 5.32 Å². The number of hydrogen-bond acceptors (Lipinski definition) is 3. The molecule has 1 rings (SSSR count). The molecular weight excluding hydrogens is 244 g/mol. The van der Waals surface area contributed by atoms with Crippen LogP contribution in [0.25, 0.3) is 0 Å². The van der Waals surface area contributed by atoms with E-state index >= 15 is 0 Å². The molecule has 1 saturated carbocycles. The third-order valence-corrected chi connectivity index (χ3v) is 3.71. The van der Waals surface area contributed by atoms with Crippen LogP contribution in [0.4, 0.5) is 0 Å². The maximum absolute atomic E-state index is 11.3. The van der Waals surface area contributed by atoms with Crippen molar-refractivity contribution in [1.29, 1.82) is 0 Å². The van der Waals surface area contributed by atoms with Crippen LogP contribution in [0.3, 0.4) is 0 Å². The van der Waals surface area contributed by atoms with Crippen LogP contribution in [0.5, 0.6) is 0 Å². The van der Waals surface area contributed by atoms with Crippen LogP contribution in [-0.2, 0) is 4.79 Å². The molecule has 0 radical (unpaired) electrons. The zero-order chi connectivity index (χ0) is 11.1. The molecule has 0 heterocycles. The Morgan fingerprint density at radius 3 is 2.38 bits per heavy atom. The molecule has 0 spiro atoms. The standard InChI is InChI=1S/C11H22N2OS.ClH/c1-15-8-11(14)13-7-10-4-2-9(6-12)3-5-10;/h9-10H,2-8,12H2,1H3,(H,13,14);1H. The van der Waals surface area contributed by atoms with Crippen LogP contribution in [0.15, 0.2) is 0 Å². The first-order valence-corrected chi connectivity index (χ1v) is 7.11. The summed E-state index contributed by atoms with van der Waals surface area (Å²) < 4.78 is 0. The summed E-state index contributed by atoms with van der Waals surface area (Å²) >= 11 is 1.57. The van der Waals surface area contributed by atoms with Gasteiger partial charge in [0.1, 0.15) is 0 Å². The van der Waals surface area contributed by atoms with Crippen molar-refractivity contribution < 1.29 is 4.79 Å². The van der Waals surface area contributed by atoms with Gasteiger partial charge in [-0.3, -0.25) is 4.79 Å². The second-order valence-electron chi connectivity index (χ2n) is 4.36. The zero-order valence-electron chi connectivity index (χ0n) is 9.91. The van der Waals surface area contributed by atoms with Crippen molar-refractivity contribution in [3.8, 4) is 0 Å². The number of nitrogens with one attached hydrogen (secondary N) is 1. The molecule has 1 amide bonds. The van der Waals surface area contributed by atoms with E-state index in [0.717, 1.165) is 19.0 Å². The van der Waals surface area contributed by atoms with E-state index in [1.165, 1.54) is 25.7 Å². The lowest BCUT2D eigenvalue weighted by atomic mass is 9.82. The van der Waals surface area contributed by atoms with E-state index in [9.17, 15) is 4.79 Å². The van der Waals surface area contributed by atoms with E-state index in [0.29, 0.717) is 11.7 Å². The monoisotopic (exact) mass is 266 g/mol. The van der Waals surface area contributed by atoms with Crippen molar-refractivity contribution in [2.75, 3.05) is 25.1 Å². The summed E-state index contributed by atoms with van der Waals surface area (Å²) in [6.07, 6.45) is 6.87. The van der Waals surface area contributed by atoms with Gasteiger partial charge in [-0.1, -0.05) is 0 Å². The highest BCUT2D eigenvalue weighted by molar-refractivity contribution is 7.99. The molecule has 0 atom stereocenters. The number of thioether (sulfide) groups is 1. The maximum atomic E-state index is 11.3. The molecule has 0 aromatic heterocycles. The van der Waals surface area contributed by atoms with Gasteiger partial charge in [0.05, 0.1) is 5.75 Å². The summed E-state index contributed by atoms with van der Waals surface area (Å²) in [5, 5.41) is 3.00. The molecule has 96 valence electrons. The lowest BCUT2D eigenvalue weighted by molar-refractivity contribution is -0.118. The molecule has 3 N–H and O–H groups in total. The lowest BCUT2D eigenvalue weighted by Gasteiger charge is -2.27. The molecule has 1 aliphatic rings. The number of carbonyl (C=O) groups excluding carboxylic acids is 1. The van der Waals surface area contributed by atoms with Crippen molar-refractivity contribution in [2.24, 2.45) is 17.6 Å². The molecule has 0 aliphatic heterocycles. The van der Waals surface area contributed by atoms with Gasteiger partial charge >= 0.3 is 0 Å². The number of amides is 1. The van der Waals surface area contributed by atoms with Crippen molar-refractivity contribution in [2.45, 2.75) is 25.7 Å². The molecular formula is C11H23ClN2OS. The SMILES string of the molecule is CSCC(=O)NCC1CCC(CN)CC1.Cl. The molecule has 0 unspecified atom stereocenters. The predicted molar refractivity (Wildman–Crippen MR) is 73.1 cm³/mol. The molecule has 1 fully saturated rings. The van der Waals surface area contributed by atoms with Crippen molar-refractivity contribution in [3.05, 3.63) is 0 Å². The third kappa shape index (κ3) is 5.97. The van der Waals surface area contributed by atoms with Crippen LogP contribution in [0, 0.1) is 11.8 Å². The summed E-state index contributed by atoms with van der Waals surface area (Å²) in [5.41, 5.74) is 5.64. The number of hydrogen-bond donors (Lipinski definition) is 2. The zero-order valence-corrected chi connectivity index (χ0v) is 11.5. The Balaban J connectivity index is 0.00000225. The van der Waals surface area contributed by atoms with Gasteiger partial charge in [0, 0.05) is 6.54 Å². The molecule has 0 aromatic rings. The van der Waals surface area contributed by atoms with Gasteiger partial charge in [0.2, 0.25) is 5.91 Å². The minimum Gasteiger partial charge on any atom is -0.355 e. The Morgan fingerprint density at radius 1 is 1.31 bits per heavy atom. The van der Waals surface area contributed by atoms with Crippen molar-refractivity contribution in [3.63, 3.8) is 0 Å². The average molecular weight is 267 g/mol. The number of rotatable bonds is 5. The highest BCUT2D eigenvalue weighted by atomic mass is 35.5. The molecule has 0 saturated heterocycles. The van der Waals surface area contributed by atoms with Gasteiger partial charge in [-0.2, -0.15) is 11.8 Å². The number of halogens is 1. The fourth-order valence-corrected chi connectivity index (χ4v) is 2.48. The second-order valence-corrected chi connectivity index (χ2v) is 5.23.